The zero-order valence-electron chi connectivity index (χ0n) is 19.7. The second kappa shape index (κ2) is 11.0. The molecule has 13 heteroatoms. The van der Waals surface area contributed by atoms with Crippen LogP contribution in [0.3, 0.4) is 0 Å². The molecule has 2 aromatic rings. The summed E-state index contributed by atoms with van der Waals surface area (Å²) in [5, 5.41) is 3.50. The maximum Gasteiger partial charge on any atom is 0.303 e. The van der Waals surface area contributed by atoms with Gasteiger partial charge in [-0.1, -0.05) is 19.3 Å². The Morgan fingerprint density at radius 2 is 1.74 bits per heavy atom. The Balaban J connectivity index is 1.70. The average Bonchev–Trinajstić information content (AvgIpc) is 3.34. The molecule has 1 saturated heterocycles. The molecule has 0 unspecified atom stereocenters. The summed E-state index contributed by atoms with van der Waals surface area (Å²) in [4.78, 5) is 48.8. The van der Waals surface area contributed by atoms with Crippen LogP contribution < -0.4 is 5.32 Å². The maximum absolute atomic E-state index is 11.9. The third kappa shape index (κ3) is 6.00. The molecule has 0 amide bonds. The molecular formula is C22H28IN5O7. The Bertz CT molecular complexity index is 1100. The first-order valence-corrected chi connectivity index (χ1v) is 12.6. The van der Waals surface area contributed by atoms with Crippen molar-refractivity contribution >= 4 is 57.5 Å². The summed E-state index contributed by atoms with van der Waals surface area (Å²) in [5.41, 5.74) is 1.02. The molecule has 4 atom stereocenters. The molecule has 1 aliphatic carbocycles. The van der Waals surface area contributed by atoms with E-state index in [0.717, 1.165) is 12.8 Å². The van der Waals surface area contributed by atoms with Crippen molar-refractivity contribution in [2.45, 2.75) is 83.5 Å². The van der Waals surface area contributed by atoms with Gasteiger partial charge in [0.2, 0.25) is 0 Å². The number of ether oxygens (including phenoxy) is 4. The first kappa shape index (κ1) is 25.5. The number of anilines is 1. The third-order valence-corrected chi connectivity index (χ3v) is 6.44. The highest BCUT2D eigenvalue weighted by molar-refractivity contribution is 14.1. The molecule has 35 heavy (non-hydrogen) atoms. The van der Waals surface area contributed by atoms with Gasteiger partial charge in [0.1, 0.15) is 12.7 Å². The quantitative estimate of drug-likeness (QED) is 0.216. The molecule has 2 fully saturated rings. The highest BCUT2D eigenvalue weighted by atomic mass is 127. The summed E-state index contributed by atoms with van der Waals surface area (Å²) in [6, 6.07) is 0.306. The highest BCUT2D eigenvalue weighted by Crippen LogP contribution is 2.37. The van der Waals surface area contributed by atoms with Crippen LogP contribution in [0.15, 0.2) is 6.33 Å². The number of aromatic nitrogens is 4. The summed E-state index contributed by atoms with van der Waals surface area (Å²) >= 11 is 2.04. The van der Waals surface area contributed by atoms with Gasteiger partial charge in [-0.05, 0) is 12.8 Å². The lowest BCUT2D eigenvalue weighted by atomic mass is 9.95. The van der Waals surface area contributed by atoms with E-state index in [2.05, 4.69) is 20.3 Å². The van der Waals surface area contributed by atoms with Crippen LogP contribution in [0.1, 0.15) is 59.1 Å². The number of esters is 3. The SMILES string of the molecule is CC(=O)OC[C@H]1O[C@@H](n2cnc3c(NC4CCCCC4)nc(I)nc32)[C@H](OC(C)=O)[C@@H]1OC(C)=O. The van der Waals surface area contributed by atoms with Crippen LogP contribution in [-0.4, -0.2) is 68.4 Å². The lowest BCUT2D eigenvalue weighted by Crippen LogP contribution is -2.40. The van der Waals surface area contributed by atoms with E-state index in [0.29, 0.717) is 26.9 Å². The molecule has 2 aromatic heterocycles. The third-order valence-electron chi connectivity index (χ3n) is 5.95. The van der Waals surface area contributed by atoms with E-state index in [9.17, 15) is 14.4 Å². The number of halogens is 1. The number of rotatable bonds is 7. The van der Waals surface area contributed by atoms with Gasteiger partial charge in [0, 0.05) is 49.4 Å². The lowest BCUT2D eigenvalue weighted by molar-refractivity contribution is -0.166. The van der Waals surface area contributed by atoms with Gasteiger partial charge in [0.25, 0.3) is 0 Å². The van der Waals surface area contributed by atoms with Crippen LogP contribution in [-0.2, 0) is 33.3 Å². The number of carbonyl (C=O) groups is 3. The number of imidazole rings is 1. The van der Waals surface area contributed by atoms with Gasteiger partial charge >= 0.3 is 17.9 Å². The summed E-state index contributed by atoms with van der Waals surface area (Å²) in [6.07, 6.45) is 3.40. The zero-order chi connectivity index (χ0) is 25.1. The summed E-state index contributed by atoms with van der Waals surface area (Å²) < 4.78 is 24.4. The number of hydrogen-bond donors (Lipinski definition) is 1. The number of carbonyl (C=O) groups excluding carboxylic acids is 3. The molecule has 1 aliphatic heterocycles. The zero-order valence-corrected chi connectivity index (χ0v) is 21.9. The molecule has 0 radical (unpaired) electrons. The molecule has 1 N–H and O–H groups in total. The second-order valence-electron chi connectivity index (χ2n) is 8.66. The van der Waals surface area contributed by atoms with Crippen molar-refractivity contribution in [2.24, 2.45) is 0 Å². The smallest absolute Gasteiger partial charge is 0.303 e. The van der Waals surface area contributed by atoms with Crippen molar-refractivity contribution in [3.63, 3.8) is 0 Å². The standard InChI is InChI=1S/C22H28IN5O7/c1-11(29)32-9-15-17(33-12(2)30)18(34-13(3)31)21(35-15)28-10-24-16-19(26-22(23)27-20(16)28)25-14-7-5-4-6-8-14/h10,14-15,17-18,21H,4-9H2,1-3H3,(H,25,26,27)/t15-,17-,18-,21-/m1/s1. The fraction of sp³-hybridized carbons (Fsp3) is 0.636. The Labute approximate surface area is 215 Å². The van der Waals surface area contributed by atoms with E-state index in [4.69, 9.17) is 18.9 Å². The van der Waals surface area contributed by atoms with Gasteiger partial charge in [-0.15, -0.1) is 0 Å². The first-order chi connectivity index (χ1) is 16.7. The van der Waals surface area contributed by atoms with Crippen molar-refractivity contribution in [2.75, 3.05) is 11.9 Å². The molecule has 1 saturated carbocycles. The molecule has 0 aromatic carbocycles. The summed E-state index contributed by atoms with van der Waals surface area (Å²) in [6.45, 7) is 3.58. The average molecular weight is 601 g/mol. The predicted octanol–water partition coefficient (Wildman–Crippen LogP) is 2.50. The Kier molecular flexibility index (Phi) is 8.04. The summed E-state index contributed by atoms with van der Waals surface area (Å²) in [7, 11) is 0. The van der Waals surface area contributed by atoms with Crippen LogP contribution in [0.4, 0.5) is 5.82 Å². The molecule has 0 spiro atoms. The number of nitrogens with zero attached hydrogens (tertiary/aromatic N) is 4. The second-order valence-corrected chi connectivity index (χ2v) is 9.63. The van der Waals surface area contributed by atoms with Gasteiger partial charge in [-0.25, -0.2) is 15.0 Å². The molecular weight excluding hydrogens is 573 g/mol. The number of fused-ring (bicyclic) bond motifs is 1. The van der Waals surface area contributed by atoms with Gasteiger partial charge in [0.15, 0.2) is 39.2 Å². The van der Waals surface area contributed by atoms with Gasteiger partial charge in [0.05, 0.1) is 6.33 Å². The maximum atomic E-state index is 11.9. The molecule has 190 valence electrons. The molecule has 0 bridgehead atoms. The topological polar surface area (TPSA) is 144 Å². The Hall–Kier alpha value is -2.55. The highest BCUT2D eigenvalue weighted by Gasteiger charge is 2.51. The van der Waals surface area contributed by atoms with E-state index < -0.39 is 42.4 Å². The van der Waals surface area contributed by atoms with Crippen molar-refractivity contribution in [1.82, 2.24) is 19.5 Å². The predicted molar refractivity (Wildman–Crippen MR) is 130 cm³/mol. The minimum Gasteiger partial charge on any atom is -0.463 e. The largest absolute Gasteiger partial charge is 0.463 e. The van der Waals surface area contributed by atoms with E-state index in [1.54, 1.807) is 4.57 Å². The first-order valence-electron chi connectivity index (χ1n) is 11.5. The van der Waals surface area contributed by atoms with Crippen LogP contribution in [0.2, 0.25) is 0 Å². The van der Waals surface area contributed by atoms with Crippen molar-refractivity contribution in [3.05, 3.63) is 10.2 Å². The Morgan fingerprint density at radius 3 is 2.40 bits per heavy atom. The van der Waals surface area contributed by atoms with Crippen molar-refractivity contribution in [1.29, 1.82) is 0 Å². The normalized spacial score (nSPS) is 24.8. The van der Waals surface area contributed by atoms with Gasteiger partial charge < -0.3 is 24.3 Å². The van der Waals surface area contributed by atoms with Crippen LogP contribution in [0, 0.1) is 3.83 Å². The minimum absolute atomic E-state index is 0.185. The lowest BCUT2D eigenvalue weighted by Gasteiger charge is -2.24. The van der Waals surface area contributed by atoms with E-state index in [1.165, 1.54) is 46.4 Å². The molecule has 3 heterocycles. The monoisotopic (exact) mass is 601 g/mol. The van der Waals surface area contributed by atoms with Gasteiger partial charge in [-0.2, -0.15) is 0 Å². The van der Waals surface area contributed by atoms with Crippen LogP contribution in [0.5, 0.6) is 0 Å². The van der Waals surface area contributed by atoms with Gasteiger partial charge in [-0.3, -0.25) is 19.0 Å². The fourth-order valence-electron chi connectivity index (χ4n) is 4.53. The molecule has 4 rings (SSSR count). The van der Waals surface area contributed by atoms with E-state index in [1.807, 2.05) is 22.6 Å². The number of nitrogens with one attached hydrogen (secondary N) is 1. The molecule has 12 nitrogen and oxygen atoms in total. The molecule has 2 aliphatic rings. The Morgan fingerprint density at radius 1 is 1.06 bits per heavy atom. The van der Waals surface area contributed by atoms with E-state index in [-0.39, 0.29) is 6.61 Å². The fourth-order valence-corrected chi connectivity index (χ4v) is 5.00. The van der Waals surface area contributed by atoms with Crippen LogP contribution >= 0.6 is 22.6 Å². The van der Waals surface area contributed by atoms with Crippen LogP contribution in [0.25, 0.3) is 11.2 Å². The number of hydrogen-bond acceptors (Lipinski definition) is 11. The van der Waals surface area contributed by atoms with Crippen molar-refractivity contribution < 1.29 is 33.3 Å². The summed E-state index contributed by atoms with van der Waals surface area (Å²) in [5.74, 6) is -1.06. The van der Waals surface area contributed by atoms with Crippen molar-refractivity contribution in [3.8, 4) is 0 Å². The minimum atomic E-state index is -1.02. The van der Waals surface area contributed by atoms with E-state index >= 15 is 0 Å².